The third kappa shape index (κ3) is 3.35. The van der Waals surface area contributed by atoms with E-state index in [9.17, 15) is 4.39 Å². The predicted molar refractivity (Wildman–Crippen MR) is 69.8 cm³/mol. The molecule has 2 aromatic rings. The zero-order valence-corrected chi connectivity index (χ0v) is 11.2. The summed E-state index contributed by atoms with van der Waals surface area (Å²) in [6.45, 7) is 5.57. The van der Waals surface area contributed by atoms with E-state index < -0.39 is 0 Å². The van der Waals surface area contributed by atoms with Crippen molar-refractivity contribution < 1.29 is 4.39 Å². The van der Waals surface area contributed by atoms with Crippen molar-refractivity contribution in [3.8, 4) is 0 Å². The summed E-state index contributed by atoms with van der Waals surface area (Å²) in [5.74, 6) is 0.576. The van der Waals surface area contributed by atoms with E-state index in [1.165, 1.54) is 12.3 Å². The first-order valence-electron chi connectivity index (χ1n) is 6.46. The Morgan fingerprint density at radius 1 is 1.37 bits per heavy atom. The Bertz CT molecular complexity index is 508. The van der Waals surface area contributed by atoms with Gasteiger partial charge in [0.15, 0.2) is 0 Å². The molecule has 2 aromatic heterocycles. The smallest absolute Gasteiger partial charge is 0.146 e. The van der Waals surface area contributed by atoms with Crippen molar-refractivity contribution in [3.05, 3.63) is 42.0 Å². The highest BCUT2D eigenvalue weighted by Gasteiger charge is 2.12. The van der Waals surface area contributed by atoms with Gasteiger partial charge in [-0.2, -0.15) is 0 Å². The van der Waals surface area contributed by atoms with Crippen LogP contribution in [0.15, 0.2) is 24.7 Å². The van der Waals surface area contributed by atoms with Gasteiger partial charge in [-0.15, -0.1) is 10.2 Å². The second-order valence-corrected chi connectivity index (χ2v) is 4.28. The van der Waals surface area contributed by atoms with Crippen LogP contribution in [0, 0.1) is 5.82 Å². The fourth-order valence-corrected chi connectivity index (χ4v) is 1.95. The van der Waals surface area contributed by atoms with Gasteiger partial charge in [-0.25, -0.2) is 4.39 Å². The first kappa shape index (κ1) is 13.6. The summed E-state index contributed by atoms with van der Waals surface area (Å²) in [5, 5.41) is 11.3. The average molecular weight is 263 g/mol. The second-order valence-electron chi connectivity index (χ2n) is 4.28. The molecule has 5 nitrogen and oxygen atoms in total. The van der Waals surface area contributed by atoms with Gasteiger partial charge in [0.1, 0.15) is 18.0 Å². The summed E-state index contributed by atoms with van der Waals surface area (Å²) in [7, 11) is 0. The maximum Gasteiger partial charge on any atom is 0.146 e. The van der Waals surface area contributed by atoms with Crippen molar-refractivity contribution in [2.45, 2.75) is 39.4 Å². The standard InChI is InChI=1S/C13H18FN5/c1-3-11(12-6-5-10(14)7-15-12)16-8-13-18-17-9-19(13)4-2/h5-7,9,11,16H,3-4,8H2,1-2H3. The summed E-state index contributed by atoms with van der Waals surface area (Å²) in [4.78, 5) is 4.11. The molecule has 0 aliphatic heterocycles. The number of nitrogens with one attached hydrogen (secondary N) is 1. The minimum Gasteiger partial charge on any atom is -0.317 e. The summed E-state index contributed by atoms with van der Waals surface area (Å²) in [6.07, 6.45) is 3.83. The van der Waals surface area contributed by atoms with Crippen molar-refractivity contribution in [2.24, 2.45) is 0 Å². The van der Waals surface area contributed by atoms with Gasteiger partial charge < -0.3 is 9.88 Å². The van der Waals surface area contributed by atoms with Gasteiger partial charge in [-0.3, -0.25) is 4.98 Å². The molecule has 0 aliphatic carbocycles. The fraction of sp³-hybridized carbons (Fsp3) is 0.462. The summed E-state index contributed by atoms with van der Waals surface area (Å²) >= 11 is 0. The van der Waals surface area contributed by atoms with Crippen LogP contribution < -0.4 is 5.32 Å². The molecule has 0 aromatic carbocycles. The SMILES string of the molecule is CCC(NCc1nncn1CC)c1ccc(F)cn1. The first-order valence-corrected chi connectivity index (χ1v) is 6.46. The molecule has 6 heteroatoms. The van der Waals surface area contributed by atoms with E-state index >= 15 is 0 Å². The van der Waals surface area contributed by atoms with Crippen LogP contribution >= 0.6 is 0 Å². The Labute approximate surface area is 111 Å². The van der Waals surface area contributed by atoms with E-state index in [1.54, 1.807) is 12.4 Å². The molecule has 0 saturated carbocycles. The number of hydrogen-bond acceptors (Lipinski definition) is 4. The molecule has 2 rings (SSSR count). The lowest BCUT2D eigenvalue weighted by Crippen LogP contribution is -2.23. The van der Waals surface area contributed by atoms with Crippen LogP contribution in [0.25, 0.3) is 0 Å². The maximum atomic E-state index is 12.9. The number of aryl methyl sites for hydroxylation is 1. The Kier molecular flexibility index (Phi) is 4.57. The number of halogens is 1. The summed E-state index contributed by atoms with van der Waals surface area (Å²) in [5.41, 5.74) is 0.839. The molecule has 1 unspecified atom stereocenters. The highest BCUT2D eigenvalue weighted by molar-refractivity contribution is 5.09. The van der Waals surface area contributed by atoms with Crippen LogP contribution in [-0.2, 0) is 13.1 Å². The molecule has 0 bridgehead atoms. The predicted octanol–water partition coefficient (Wildman–Crippen LogP) is 2.07. The average Bonchev–Trinajstić information content (AvgIpc) is 2.89. The van der Waals surface area contributed by atoms with Gasteiger partial charge in [0, 0.05) is 12.6 Å². The summed E-state index contributed by atoms with van der Waals surface area (Å²) in [6, 6.07) is 3.23. The number of nitrogens with zero attached hydrogens (tertiary/aromatic N) is 4. The number of aromatic nitrogens is 4. The molecular weight excluding hydrogens is 245 g/mol. The van der Waals surface area contributed by atoms with Crippen molar-refractivity contribution in [2.75, 3.05) is 0 Å². The normalized spacial score (nSPS) is 12.6. The minimum absolute atomic E-state index is 0.0857. The van der Waals surface area contributed by atoms with Crippen LogP contribution in [0.4, 0.5) is 4.39 Å². The van der Waals surface area contributed by atoms with Gasteiger partial charge in [0.2, 0.25) is 0 Å². The summed E-state index contributed by atoms with van der Waals surface area (Å²) < 4.78 is 14.8. The van der Waals surface area contributed by atoms with Crippen molar-refractivity contribution in [3.63, 3.8) is 0 Å². The molecule has 0 aliphatic rings. The number of pyridine rings is 1. The fourth-order valence-electron chi connectivity index (χ4n) is 1.95. The molecule has 1 atom stereocenters. The highest BCUT2D eigenvalue weighted by atomic mass is 19.1. The molecule has 19 heavy (non-hydrogen) atoms. The van der Waals surface area contributed by atoms with E-state index in [0.717, 1.165) is 24.5 Å². The van der Waals surface area contributed by atoms with Gasteiger partial charge in [-0.1, -0.05) is 6.92 Å². The van der Waals surface area contributed by atoms with Crippen LogP contribution in [0.5, 0.6) is 0 Å². The quantitative estimate of drug-likeness (QED) is 0.867. The zero-order chi connectivity index (χ0) is 13.7. The largest absolute Gasteiger partial charge is 0.317 e. The van der Waals surface area contributed by atoms with Gasteiger partial charge >= 0.3 is 0 Å². The van der Waals surface area contributed by atoms with Crippen LogP contribution in [0.3, 0.4) is 0 Å². The minimum atomic E-state index is -0.315. The van der Waals surface area contributed by atoms with Crippen molar-refractivity contribution in [1.29, 1.82) is 0 Å². The lowest BCUT2D eigenvalue weighted by Gasteiger charge is -2.16. The molecule has 2 heterocycles. The number of hydrogen-bond donors (Lipinski definition) is 1. The topological polar surface area (TPSA) is 55.6 Å². The monoisotopic (exact) mass is 263 g/mol. The van der Waals surface area contributed by atoms with Crippen molar-refractivity contribution in [1.82, 2.24) is 25.1 Å². The Morgan fingerprint density at radius 2 is 2.21 bits per heavy atom. The molecule has 0 radical (unpaired) electrons. The lowest BCUT2D eigenvalue weighted by molar-refractivity contribution is 0.485. The van der Waals surface area contributed by atoms with Crippen LogP contribution in [-0.4, -0.2) is 19.7 Å². The zero-order valence-electron chi connectivity index (χ0n) is 11.2. The highest BCUT2D eigenvalue weighted by Crippen LogP contribution is 2.14. The molecule has 1 N–H and O–H groups in total. The van der Waals surface area contributed by atoms with E-state index in [0.29, 0.717) is 6.54 Å². The third-order valence-electron chi connectivity index (χ3n) is 3.06. The maximum absolute atomic E-state index is 12.9. The van der Waals surface area contributed by atoms with E-state index in [4.69, 9.17) is 0 Å². The first-order chi connectivity index (χ1) is 9.24. The third-order valence-corrected chi connectivity index (χ3v) is 3.06. The van der Waals surface area contributed by atoms with E-state index in [-0.39, 0.29) is 11.9 Å². The number of rotatable bonds is 6. The Hall–Kier alpha value is -1.82. The molecule has 0 amide bonds. The molecular formula is C13H18FN5. The second kappa shape index (κ2) is 6.38. The van der Waals surface area contributed by atoms with E-state index in [1.807, 2.05) is 11.5 Å². The Balaban J connectivity index is 2.01. The van der Waals surface area contributed by atoms with Gasteiger partial charge in [0.25, 0.3) is 0 Å². The molecule has 102 valence electrons. The van der Waals surface area contributed by atoms with Crippen molar-refractivity contribution >= 4 is 0 Å². The Morgan fingerprint density at radius 3 is 2.84 bits per heavy atom. The van der Waals surface area contributed by atoms with Crippen LogP contribution in [0.2, 0.25) is 0 Å². The molecule has 0 fully saturated rings. The molecule has 0 saturated heterocycles. The molecule has 0 spiro atoms. The lowest BCUT2D eigenvalue weighted by atomic mass is 10.1. The van der Waals surface area contributed by atoms with Gasteiger partial charge in [-0.05, 0) is 25.5 Å². The van der Waals surface area contributed by atoms with Gasteiger partial charge in [0.05, 0.1) is 18.4 Å². The van der Waals surface area contributed by atoms with Crippen LogP contribution in [0.1, 0.15) is 37.8 Å². The van der Waals surface area contributed by atoms with E-state index in [2.05, 4.69) is 27.4 Å².